The van der Waals surface area contributed by atoms with E-state index in [2.05, 4.69) is 25.1 Å². The number of rotatable bonds is 6. The molecule has 1 aromatic carbocycles. The highest BCUT2D eigenvalue weighted by Crippen LogP contribution is 2.41. The summed E-state index contributed by atoms with van der Waals surface area (Å²) >= 11 is 0. The Morgan fingerprint density at radius 1 is 1.10 bits per heavy atom. The number of pyridine rings is 1. The molecule has 0 saturated carbocycles. The molecule has 0 spiro atoms. The predicted molar refractivity (Wildman–Crippen MR) is 161 cm³/mol. The molecule has 3 saturated heterocycles. The van der Waals surface area contributed by atoms with E-state index in [0.29, 0.717) is 36.3 Å². The molecular weight excluding hydrogens is 533 g/mol. The van der Waals surface area contributed by atoms with Gasteiger partial charge in [0, 0.05) is 30.1 Å². The number of hydrogen-bond donors (Lipinski definition) is 1. The number of carbonyl (C=O) groups is 1. The van der Waals surface area contributed by atoms with Gasteiger partial charge in [0.25, 0.3) is 0 Å². The number of carbonyl (C=O) groups excluding carboxylic acids is 1. The molecule has 3 fully saturated rings. The molecule has 1 N–H and O–H groups in total. The largest absolute Gasteiger partial charge is 0.461 e. The Balaban J connectivity index is 1.39. The zero-order valence-corrected chi connectivity index (χ0v) is 24.2. The highest BCUT2D eigenvalue weighted by atomic mass is 19.1. The number of aryl methyl sites for hydroxylation is 1. The van der Waals surface area contributed by atoms with Gasteiger partial charge in [0.2, 0.25) is 0 Å². The second kappa shape index (κ2) is 10.7. The van der Waals surface area contributed by atoms with Gasteiger partial charge in [0.05, 0.1) is 29.2 Å². The Bertz CT molecular complexity index is 1700. The summed E-state index contributed by atoms with van der Waals surface area (Å²) in [5.74, 6) is 0.112. The molecule has 3 aromatic heterocycles. The number of benzene rings is 1. The van der Waals surface area contributed by atoms with Crippen molar-refractivity contribution in [2.75, 3.05) is 37.7 Å². The molecule has 3 aliphatic heterocycles. The number of allylic oxidation sites excluding steroid dienone is 1. The average molecular weight is 570 g/mol. The van der Waals surface area contributed by atoms with Gasteiger partial charge < -0.3 is 9.64 Å². The average Bonchev–Trinajstić information content (AvgIpc) is 3.67. The van der Waals surface area contributed by atoms with Crippen LogP contribution < -0.4 is 9.64 Å². The van der Waals surface area contributed by atoms with Crippen LogP contribution in [0.15, 0.2) is 24.5 Å². The van der Waals surface area contributed by atoms with Crippen LogP contribution in [0.3, 0.4) is 0 Å². The molecule has 42 heavy (non-hydrogen) atoms. The van der Waals surface area contributed by atoms with Crippen LogP contribution >= 0.6 is 0 Å². The van der Waals surface area contributed by atoms with E-state index >= 15 is 4.39 Å². The van der Waals surface area contributed by atoms with E-state index in [1.54, 1.807) is 12.4 Å². The van der Waals surface area contributed by atoms with Crippen LogP contribution in [0.2, 0.25) is 0 Å². The van der Waals surface area contributed by atoms with Crippen LogP contribution in [0.4, 0.5) is 10.2 Å². The van der Waals surface area contributed by atoms with E-state index in [-0.39, 0.29) is 35.1 Å². The molecule has 7 rings (SSSR count). The maximum Gasteiger partial charge on any atom is 0.319 e. The molecule has 0 unspecified atom stereocenters. The molecule has 3 aliphatic rings. The number of nitrogens with one attached hydrogen (secondary N) is 1. The van der Waals surface area contributed by atoms with Crippen molar-refractivity contribution in [3.63, 3.8) is 0 Å². The lowest BCUT2D eigenvalue weighted by Crippen LogP contribution is -2.43. The second-order valence-corrected chi connectivity index (χ2v) is 12.0. The second-order valence-electron chi connectivity index (χ2n) is 12.0. The minimum Gasteiger partial charge on any atom is -0.461 e. The van der Waals surface area contributed by atoms with Gasteiger partial charge in [-0.15, -0.1) is 0 Å². The Morgan fingerprint density at radius 3 is 2.74 bits per heavy atom. The molecule has 218 valence electrons. The van der Waals surface area contributed by atoms with Gasteiger partial charge in [-0.2, -0.15) is 15.1 Å². The van der Waals surface area contributed by atoms with Crippen LogP contribution in [0.25, 0.3) is 39.1 Å². The highest BCUT2D eigenvalue weighted by molar-refractivity contribution is 6.02. The molecule has 0 atom stereocenters. The van der Waals surface area contributed by atoms with E-state index < -0.39 is 5.82 Å². The number of anilines is 1. The quantitative estimate of drug-likeness (QED) is 0.320. The number of aromatic amines is 1. The number of Topliss-reactive ketones (excluding diaryl/α,β-unsaturated/α-hetero) is 1. The zero-order valence-electron chi connectivity index (χ0n) is 24.2. The summed E-state index contributed by atoms with van der Waals surface area (Å²) < 4.78 is 23.2. The van der Waals surface area contributed by atoms with Gasteiger partial charge >= 0.3 is 6.01 Å². The maximum atomic E-state index is 16.8. The molecule has 0 bridgehead atoms. The number of halogens is 1. The van der Waals surface area contributed by atoms with Gasteiger partial charge in [-0.25, -0.2) is 4.39 Å². The minimum atomic E-state index is -0.539. The fourth-order valence-corrected chi connectivity index (χ4v) is 7.22. The third-order valence-corrected chi connectivity index (χ3v) is 9.29. The zero-order chi connectivity index (χ0) is 28.8. The first-order valence-corrected chi connectivity index (χ1v) is 15.1. The standard InChI is InChI=1S/C32H36FN7O2/c1-3-8-22-20(2)15-25-23(17-35-38-25)26(22)29-27(33)28-24(16-34-29)30(39-12-5-4-9-21(41)18-39)37-31(36-28)42-19-32-10-6-13-40(32)14-7-11-32/h3,8,15-17H,4-7,9-14,18-19H2,1-2H3,(H,35,38)/b8-3-. The first-order chi connectivity index (χ1) is 20.5. The summed E-state index contributed by atoms with van der Waals surface area (Å²) in [6.07, 6.45) is 14.0. The number of aromatic nitrogens is 5. The number of nitrogens with zero attached hydrogens (tertiary/aromatic N) is 6. The fraction of sp³-hybridized carbons (Fsp3) is 0.469. The summed E-state index contributed by atoms with van der Waals surface area (Å²) in [6, 6.07) is 2.15. The first kappa shape index (κ1) is 26.9. The monoisotopic (exact) mass is 569 g/mol. The van der Waals surface area contributed by atoms with Crippen molar-refractivity contribution in [2.45, 2.75) is 64.3 Å². The summed E-state index contributed by atoms with van der Waals surface area (Å²) in [5, 5.41) is 8.50. The normalized spacial score (nSPS) is 19.3. The maximum absolute atomic E-state index is 16.8. The smallest absolute Gasteiger partial charge is 0.319 e. The van der Waals surface area contributed by atoms with Crippen molar-refractivity contribution in [2.24, 2.45) is 0 Å². The Hall–Kier alpha value is -3.92. The summed E-state index contributed by atoms with van der Waals surface area (Å²) in [7, 11) is 0. The Labute approximate surface area is 244 Å². The van der Waals surface area contributed by atoms with Crippen LogP contribution in [0, 0.1) is 12.7 Å². The van der Waals surface area contributed by atoms with Crippen molar-refractivity contribution < 1.29 is 13.9 Å². The van der Waals surface area contributed by atoms with Gasteiger partial charge in [-0.1, -0.05) is 12.2 Å². The van der Waals surface area contributed by atoms with Crippen LogP contribution in [0.5, 0.6) is 6.01 Å². The van der Waals surface area contributed by atoms with Crippen LogP contribution in [-0.2, 0) is 4.79 Å². The number of ketones is 1. The van der Waals surface area contributed by atoms with Gasteiger partial charge in [0.15, 0.2) is 11.6 Å². The number of hydrogen-bond acceptors (Lipinski definition) is 8. The lowest BCUT2D eigenvalue weighted by Gasteiger charge is -2.31. The molecule has 0 aliphatic carbocycles. The van der Waals surface area contributed by atoms with Crippen molar-refractivity contribution in [3.05, 3.63) is 41.5 Å². The molecule has 0 amide bonds. The molecular formula is C32H36FN7O2. The van der Waals surface area contributed by atoms with Crippen molar-refractivity contribution in [3.8, 4) is 17.3 Å². The highest BCUT2D eigenvalue weighted by Gasteiger charge is 2.45. The Kier molecular flexibility index (Phi) is 6.88. The van der Waals surface area contributed by atoms with Gasteiger partial charge in [-0.3, -0.25) is 19.8 Å². The first-order valence-electron chi connectivity index (χ1n) is 15.1. The van der Waals surface area contributed by atoms with E-state index in [0.717, 1.165) is 73.6 Å². The van der Waals surface area contributed by atoms with Crippen molar-refractivity contribution in [1.82, 2.24) is 30.0 Å². The van der Waals surface area contributed by atoms with Gasteiger partial charge in [0.1, 0.15) is 23.6 Å². The number of fused-ring (bicyclic) bond motifs is 3. The molecule has 0 radical (unpaired) electrons. The van der Waals surface area contributed by atoms with E-state index in [9.17, 15) is 4.79 Å². The lowest BCUT2D eigenvalue weighted by atomic mass is 9.94. The molecule has 4 aromatic rings. The lowest BCUT2D eigenvalue weighted by molar-refractivity contribution is -0.117. The summed E-state index contributed by atoms with van der Waals surface area (Å²) in [4.78, 5) is 31.2. The third-order valence-electron chi connectivity index (χ3n) is 9.29. The molecule has 9 nitrogen and oxygen atoms in total. The third kappa shape index (κ3) is 4.52. The van der Waals surface area contributed by atoms with Gasteiger partial charge in [-0.05, 0) is 82.7 Å². The van der Waals surface area contributed by atoms with Crippen molar-refractivity contribution in [1.29, 1.82) is 0 Å². The fourth-order valence-electron chi connectivity index (χ4n) is 7.22. The molecule has 10 heteroatoms. The SMILES string of the molecule is C/C=C\c1c(C)cc2[nH]ncc2c1-c1ncc2c(N3CCCCC(=O)C3)nc(OCC34CCCN3CCC4)nc2c1F. The van der Waals surface area contributed by atoms with Crippen molar-refractivity contribution >= 4 is 39.5 Å². The van der Waals surface area contributed by atoms with E-state index in [1.807, 2.05) is 37.0 Å². The van der Waals surface area contributed by atoms with Crippen LogP contribution in [0.1, 0.15) is 63.0 Å². The summed E-state index contributed by atoms with van der Waals surface area (Å²) in [6.45, 7) is 7.45. The topological polar surface area (TPSA) is 100 Å². The van der Waals surface area contributed by atoms with E-state index in [4.69, 9.17) is 9.72 Å². The minimum absolute atomic E-state index is 0.00512. The Morgan fingerprint density at radius 2 is 1.93 bits per heavy atom. The van der Waals surface area contributed by atoms with E-state index in [1.165, 1.54) is 0 Å². The molecule has 6 heterocycles. The number of ether oxygens (including phenoxy) is 1. The summed E-state index contributed by atoms with van der Waals surface area (Å²) in [5.41, 5.74) is 3.67. The number of H-pyrrole nitrogens is 1. The predicted octanol–water partition coefficient (Wildman–Crippen LogP) is 5.62. The van der Waals surface area contributed by atoms with Crippen LogP contribution in [-0.4, -0.2) is 74.2 Å².